The Bertz CT molecular complexity index is 1360. The van der Waals surface area contributed by atoms with Gasteiger partial charge in [0.05, 0.1) is 13.1 Å². The van der Waals surface area contributed by atoms with Crippen LogP contribution in [0.1, 0.15) is 24.5 Å². The van der Waals surface area contributed by atoms with E-state index >= 15 is 0 Å². The molecule has 0 spiro atoms. The summed E-state index contributed by atoms with van der Waals surface area (Å²) in [5, 5.41) is 1.97. The van der Waals surface area contributed by atoms with Crippen molar-refractivity contribution in [2.24, 2.45) is 0 Å². The predicted molar refractivity (Wildman–Crippen MR) is 108 cm³/mol. The molecule has 1 aromatic carbocycles. The standard InChI is InChI=1S/C20H17F6N5O3/c1-2-14(20(24,25)26)28-17-29-18(33)31(9-11-4-3-5-27-16(11)32)19(34)30(17)8-10-6-12(21)15(23)13(22)7-10/h3-7,14H,2,8-9H2,1H3,(H,27,32)(H,28,29,33)/t14-/m1/s1. The van der Waals surface area contributed by atoms with Crippen molar-refractivity contribution in [1.29, 1.82) is 0 Å². The minimum atomic E-state index is -4.78. The lowest BCUT2D eigenvalue weighted by molar-refractivity contribution is -0.143. The smallest absolute Gasteiger partial charge is 0.344 e. The lowest BCUT2D eigenvalue weighted by Crippen LogP contribution is -2.46. The highest BCUT2D eigenvalue weighted by Gasteiger charge is 2.39. The van der Waals surface area contributed by atoms with Gasteiger partial charge >= 0.3 is 17.6 Å². The van der Waals surface area contributed by atoms with Gasteiger partial charge in [0.2, 0.25) is 5.95 Å². The summed E-state index contributed by atoms with van der Waals surface area (Å²) in [5.41, 5.74) is -3.47. The van der Waals surface area contributed by atoms with Crippen molar-refractivity contribution in [3.05, 3.63) is 90.4 Å². The number of aromatic nitrogens is 4. The molecule has 0 aliphatic carbocycles. The molecule has 2 N–H and O–H groups in total. The summed E-state index contributed by atoms with van der Waals surface area (Å²) < 4.78 is 81.5. The Hall–Kier alpha value is -3.84. The molecule has 14 heteroatoms. The van der Waals surface area contributed by atoms with Crippen LogP contribution in [0.4, 0.5) is 32.3 Å². The predicted octanol–water partition coefficient (Wildman–Crippen LogP) is 2.36. The Morgan fingerprint density at radius 3 is 2.26 bits per heavy atom. The first-order valence-corrected chi connectivity index (χ1v) is 9.77. The third-order valence-corrected chi connectivity index (χ3v) is 4.87. The largest absolute Gasteiger partial charge is 0.408 e. The number of pyridine rings is 1. The quantitative estimate of drug-likeness (QED) is 0.392. The number of anilines is 1. The van der Waals surface area contributed by atoms with Crippen LogP contribution < -0.4 is 22.3 Å². The van der Waals surface area contributed by atoms with Crippen LogP contribution in [0.3, 0.4) is 0 Å². The zero-order valence-corrected chi connectivity index (χ0v) is 17.4. The Morgan fingerprint density at radius 2 is 1.71 bits per heavy atom. The molecule has 0 fully saturated rings. The molecule has 0 aliphatic rings. The fraction of sp³-hybridized carbons (Fsp3) is 0.300. The number of hydrogen-bond acceptors (Lipinski definition) is 5. The van der Waals surface area contributed by atoms with Crippen LogP contribution >= 0.6 is 0 Å². The minimum absolute atomic E-state index is 0.0312. The lowest BCUT2D eigenvalue weighted by atomic mass is 10.2. The van der Waals surface area contributed by atoms with Gasteiger partial charge in [-0.3, -0.25) is 9.36 Å². The highest BCUT2D eigenvalue weighted by Crippen LogP contribution is 2.25. The molecule has 0 radical (unpaired) electrons. The number of H-pyrrole nitrogens is 1. The average Bonchev–Trinajstić information content (AvgIpc) is 2.75. The van der Waals surface area contributed by atoms with Crippen LogP contribution in [-0.4, -0.2) is 31.3 Å². The van der Waals surface area contributed by atoms with Gasteiger partial charge in [-0.1, -0.05) is 13.0 Å². The molecular formula is C20H17F6N5O3. The van der Waals surface area contributed by atoms with E-state index in [9.17, 15) is 40.7 Å². The van der Waals surface area contributed by atoms with Crippen LogP contribution in [0, 0.1) is 17.5 Å². The fourth-order valence-corrected chi connectivity index (χ4v) is 3.12. The van der Waals surface area contributed by atoms with E-state index in [2.05, 4.69) is 9.97 Å². The second-order valence-corrected chi connectivity index (χ2v) is 7.22. The van der Waals surface area contributed by atoms with Gasteiger partial charge in [0.25, 0.3) is 5.56 Å². The van der Waals surface area contributed by atoms with Crippen molar-refractivity contribution >= 4 is 5.95 Å². The van der Waals surface area contributed by atoms with Crippen molar-refractivity contribution in [2.75, 3.05) is 5.32 Å². The molecule has 1 atom stereocenters. The summed E-state index contributed by atoms with van der Waals surface area (Å²) in [6, 6.07) is 1.62. The van der Waals surface area contributed by atoms with Crippen LogP contribution in [-0.2, 0) is 13.1 Å². The summed E-state index contributed by atoms with van der Waals surface area (Å²) in [6.45, 7) is -0.146. The summed E-state index contributed by atoms with van der Waals surface area (Å²) in [4.78, 5) is 43.3. The van der Waals surface area contributed by atoms with Crippen molar-refractivity contribution in [3.63, 3.8) is 0 Å². The Balaban J connectivity index is 2.17. The number of nitrogens with one attached hydrogen (secondary N) is 2. The van der Waals surface area contributed by atoms with Gasteiger partial charge in [0.15, 0.2) is 17.5 Å². The highest BCUT2D eigenvalue weighted by molar-refractivity contribution is 5.29. The molecule has 8 nitrogen and oxygen atoms in total. The lowest BCUT2D eigenvalue weighted by Gasteiger charge is -2.23. The molecule has 0 unspecified atom stereocenters. The number of alkyl halides is 3. The first-order chi connectivity index (χ1) is 15.9. The Kier molecular flexibility index (Phi) is 6.98. The number of hydrogen-bond donors (Lipinski definition) is 2. The van der Waals surface area contributed by atoms with Crippen LogP contribution in [0.25, 0.3) is 0 Å². The Morgan fingerprint density at radius 1 is 1.06 bits per heavy atom. The fourth-order valence-electron chi connectivity index (χ4n) is 3.12. The van der Waals surface area contributed by atoms with E-state index in [0.29, 0.717) is 21.3 Å². The Labute approximate surface area is 186 Å². The molecule has 34 heavy (non-hydrogen) atoms. The molecule has 3 aromatic rings. The normalized spacial score (nSPS) is 12.6. The third kappa shape index (κ3) is 5.21. The van der Waals surface area contributed by atoms with Crippen molar-refractivity contribution in [1.82, 2.24) is 19.1 Å². The second kappa shape index (κ2) is 9.57. The number of halogens is 6. The van der Waals surface area contributed by atoms with Gasteiger partial charge < -0.3 is 10.3 Å². The van der Waals surface area contributed by atoms with Gasteiger partial charge in [-0.05, 0) is 30.2 Å². The zero-order valence-electron chi connectivity index (χ0n) is 17.4. The van der Waals surface area contributed by atoms with Gasteiger partial charge in [0.1, 0.15) is 6.04 Å². The molecular weight excluding hydrogens is 472 g/mol. The monoisotopic (exact) mass is 489 g/mol. The second-order valence-electron chi connectivity index (χ2n) is 7.22. The average molecular weight is 489 g/mol. The maximum atomic E-state index is 13.7. The third-order valence-electron chi connectivity index (χ3n) is 4.87. The van der Waals surface area contributed by atoms with E-state index in [1.54, 1.807) is 0 Å². The number of rotatable bonds is 7. The van der Waals surface area contributed by atoms with Gasteiger partial charge in [-0.2, -0.15) is 18.2 Å². The molecule has 0 bridgehead atoms. The first-order valence-electron chi connectivity index (χ1n) is 9.77. The van der Waals surface area contributed by atoms with Crippen LogP contribution in [0.5, 0.6) is 0 Å². The summed E-state index contributed by atoms with van der Waals surface area (Å²) in [5.74, 6) is -5.76. The summed E-state index contributed by atoms with van der Waals surface area (Å²) >= 11 is 0. The van der Waals surface area contributed by atoms with E-state index in [4.69, 9.17) is 0 Å². The van der Waals surface area contributed by atoms with E-state index in [1.807, 2.05) is 5.32 Å². The molecule has 0 saturated heterocycles. The topological polar surface area (TPSA) is 102 Å². The molecule has 0 saturated carbocycles. The van der Waals surface area contributed by atoms with E-state index in [0.717, 1.165) is 0 Å². The maximum Gasteiger partial charge on any atom is 0.408 e. The van der Waals surface area contributed by atoms with Crippen LogP contribution in [0.2, 0.25) is 0 Å². The van der Waals surface area contributed by atoms with Crippen molar-refractivity contribution in [3.8, 4) is 0 Å². The molecule has 2 aromatic heterocycles. The molecule has 0 amide bonds. The molecule has 0 aliphatic heterocycles. The van der Waals surface area contributed by atoms with Gasteiger partial charge in [-0.15, -0.1) is 0 Å². The number of benzene rings is 1. The number of nitrogens with zero attached hydrogens (tertiary/aromatic N) is 3. The van der Waals surface area contributed by atoms with E-state index in [-0.39, 0.29) is 11.1 Å². The van der Waals surface area contributed by atoms with Crippen molar-refractivity contribution < 1.29 is 26.3 Å². The van der Waals surface area contributed by atoms with Gasteiger partial charge in [0, 0.05) is 11.8 Å². The highest BCUT2D eigenvalue weighted by atomic mass is 19.4. The number of aromatic amines is 1. The molecule has 2 heterocycles. The summed E-state index contributed by atoms with van der Waals surface area (Å²) in [7, 11) is 0. The van der Waals surface area contributed by atoms with Crippen LogP contribution in [0.15, 0.2) is 44.8 Å². The van der Waals surface area contributed by atoms with E-state index in [1.165, 1.54) is 25.3 Å². The minimum Gasteiger partial charge on any atom is -0.344 e. The summed E-state index contributed by atoms with van der Waals surface area (Å²) in [6.07, 6.45) is -3.98. The SMILES string of the molecule is CC[C@@H](Nc1nc(=O)n(Cc2ccc[nH]c2=O)c(=O)n1Cc1cc(F)c(F)c(F)c1)C(F)(F)F. The first kappa shape index (κ1) is 24.8. The van der Waals surface area contributed by atoms with Gasteiger partial charge in [-0.25, -0.2) is 27.3 Å². The molecule has 3 rings (SSSR count). The maximum absolute atomic E-state index is 13.7. The van der Waals surface area contributed by atoms with E-state index < -0.39 is 72.1 Å². The van der Waals surface area contributed by atoms with Crippen molar-refractivity contribution in [2.45, 2.75) is 38.7 Å². The molecule has 182 valence electrons. The zero-order chi connectivity index (χ0) is 25.2.